The highest BCUT2D eigenvalue weighted by atomic mass is 16.3. The summed E-state index contributed by atoms with van der Waals surface area (Å²) < 4.78 is 0. The van der Waals surface area contributed by atoms with Crippen molar-refractivity contribution in [3.05, 3.63) is 114 Å². The van der Waals surface area contributed by atoms with Crippen molar-refractivity contribution in [2.75, 3.05) is 13.2 Å². The Morgan fingerprint density at radius 2 is 1.41 bits per heavy atom. The minimum absolute atomic E-state index is 0.114. The lowest BCUT2D eigenvalue weighted by atomic mass is 9.96. The van der Waals surface area contributed by atoms with Crippen molar-refractivity contribution in [3.8, 4) is 0 Å². The molecule has 0 aliphatic heterocycles. The van der Waals surface area contributed by atoms with Crippen molar-refractivity contribution in [1.82, 2.24) is 9.88 Å². The average Bonchev–Trinajstić information content (AvgIpc) is 2.79. The minimum atomic E-state index is 0.114. The standard InChI is InChI=1S/C26H26N2O/c29-19-9-18-28(20-24-15-7-14-21-16-8-17-27-25(21)24)26(22-10-3-1-4-11-22)23-12-5-2-6-13-23/h1-8,10-17,26,29H,9,18-20H2. The van der Waals surface area contributed by atoms with Crippen molar-refractivity contribution in [1.29, 1.82) is 0 Å². The maximum atomic E-state index is 9.54. The van der Waals surface area contributed by atoms with Gasteiger partial charge in [0.1, 0.15) is 0 Å². The zero-order valence-corrected chi connectivity index (χ0v) is 16.5. The molecule has 0 unspecified atom stereocenters. The van der Waals surface area contributed by atoms with Crippen LogP contribution in [0, 0.1) is 0 Å². The predicted octanol–water partition coefficient (Wildman–Crippen LogP) is 5.21. The van der Waals surface area contributed by atoms with Crippen LogP contribution in [0.1, 0.15) is 29.2 Å². The van der Waals surface area contributed by atoms with Crippen LogP contribution in [0.4, 0.5) is 0 Å². The van der Waals surface area contributed by atoms with E-state index in [1.165, 1.54) is 16.7 Å². The van der Waals surface area contributed by atoms with Crippen molar-refractivity contribution in [2.45, 2.75) is 19.0 Å². The number of hydrogen-bond donors (Lipinski definition) is 1. The Morgan fingerprint density at radius 1 is 0.759 bits per heavy atom. The summed E-state index contributed by atoms with van der Waals surface area (Å²) in [7, 11) is 0. The van der Waals surface area contributed by atoms with Crippen LogP contribution in [0.15, 0.2) is 97.2 Å². The molecule has 146 valence electrons. The molecule has 0 aliphatic rings. The molecule has 4 rings (SSSR count). The number of benzene rings is 3. The van der Waals surface area contributed by atoms with Gasteiger partial charge in [0.2, 0.25) is 0 Å². The van der Waals surface area contributed by atoms with E-state index in [-0.39, 0.29) is 12.6 Å². The third kappa shape index (κ3) is 4.53. The van der Waals surface area contributed by atoms with Crippen LogP contribution in [-0.2, 0) is 6.54 Å². The van der Waals surface area contributed by atoms with Crippen molar-refractivity contribution < 1.29 is 5.11 Å². The number of rotatable bonds is 8. The fourth-order valence-corrected chi connectivity index (χ4v) is 3.97. The molecule has 1 heterocycles. The van der Waals surface area contributed by atoms with E-state index in [2.05, 4.69) is 94.8 Å². The quantitative estimate of drug-likeness (QED) is 0.454. The zero-order chi connectivity index (χ0) is 19.9. The van der Waals surface area contributed by atoms with Crippen molar-refractivity contribution in [3.63, 3.8) is 0 Å². The van der Waals surface area contributed by atoms with Crippen LogP contribution in [0.5, 0.6) is 0 Å². The van der Waals surface area contributed by atoms with E-state index < -0.39 is 0 Å². The second-order valence-electron chi connectivity index (χ2n) is 7.26. The molecule has 0 amide bonds. The third-order valence-corrected chi connectivity index (χ3v) is 5.29. The van der Waals surface area contributed by atoms with E-state index in [1.54, 1.807) is 0 Å². The van der Waals surface area contributed by atoms with E-state index >= 15 is 0 Å². The van der Waals surface area contributed by atoms with E-state index in [9.17, 15) is 5.11 Å². The summed E-state index contributed by atoms with van der Waals surface area (Å²) in [4.78, 5) is 7.09. The molecule has 1 aromatic heterocycles. The number of hydrogen-bond acceptors (Lipinski definition) is 3. The van der Waals surface area contributed by atoms with E-state index in [0.29, 0.717) is 0 Å². The van der Waals surface area contributed by atoms with Gasteiger partial charge in [-0.1, -0.05) is 84.9 Å². The first kappa shape index (κ1) is 19.3. The number of para-hydroxylation sites is 1. The van der Waals surface area contributed by atoms with E-state index in [0.717, 1.165) is 30.4 Å². The Morgan fingerprint density at radius 3 is 2.07 bits per heavy atom. The van der Waals surface area contributed by atoms with Gasteiger partial charge in [0.25, 0.3) is 0 Å². The van der Waals surface area contributed by atoms with Gasteiger partial charge in [-0.2, -0.15) is 0 Å². The fraction of sp³-hybridized carbons (Fsp3) is 0.192. The second kappa shape index (κ2) is 9.46. The minimum Gasteiger partial charge on any atom is -0.396 e. The van der Waals surface area contributed by atoms with Crippen LogP contribution in [-0.4, -0.2) is 28.1 Å². The molecule has 0 spiro atoms. The summed E-state index contributed by atoms with van der Waals surface area (Å²) in [6, 6.07) is 31.8. The summed E-state index contributed by atoms with van der Waals surface area (Å²) in [5, 5.41) is 10.7. The van der Waals surface area contributed by atoms with Gasteiger partial charge in [0.15, 0.2) is 0 Å². The van der Waals surface area contributed by atoms with E-state index in [1.807, 2.05) is 12.3 Å². The molecular formula is C26H26N2O. The molecular weight excluding hydrogens is 356 g/mol. The van der Waals surface area contributed by atoms with Gasteiger partial charge in [-0.05, 0) is 29.2 Å². The molecule has 0 radical (unpaired) electrons. The number of aromatic nitrogens is 1. The second-order valence-corrected chi connectivity index (χ2v) is 7.26. The van der Waals surface area contributed by atoms with Crippen LogP contribution < -0.4 is 0 Å². The Labute approximate surface area is 172 Å². The molecule has 4 aromatic rings. The normalized spacial score (nSPS) is 11.4. The van der Waals surface area contributed by atoms with Crippen LogP contribution in [0.25, 0.3) is 10.9 Å². The number of aliphatic hydroxyl groups is 1. The van der Waals surface area contributed by atoms with Gasteiger partial charge in [0.05, 0.1) is 11.6 Å². The topological polar surface area (TPSA) is 36.4 Å². The summed E-state index contributed by atoms with van der Waals surface area (Å²) in [6.07, 6.45) is 2.59. The van der Waals surface area contributed by atoms with Crippen LogP contribution in [0.3, 0.4) is 0 Å². The van der Waals surface area contributed by atoms with Gasteiger partial charge < -0.3 is 5.11 Å². The summed E-state index contributed by atoms with van der Waals surface area (Å²) in [6.45, 7) is 1.75. The Kier molecular flexibility index (Phi) is 6.30. The molecule has 3 nitrogen and oxygen atoms in total. The van der Waals surface area contributed by atoms with Crippen LogP contribution in [0.2, 0.25) is 0 Å². The third-order valence-electron chi connectivity index (χ3n) is 5.29. The van der Waals surface area contributed by atoms with Crippen molar-refractivity contribution >= 4 is 10.9 Å². The van der Waals surface area contributed by atoms with Crippen LogP contribution >= 0.6 is 0 Å². The fourth-order valence-electron chi connectivity index (χ4n) is 3.97. The molecule has 0 saturated heterocycles. The number of fused-ring (bicyclic) bond motifs is 1. The first-order valence-electron chi connectivity index (χ1n) is 10.1. The highest BCUT2D eigenvalue weighted by Crippen LogP contribution is 2.31. The van der Waals surface area contributed by atoms with Gasteiger partial charge in [-0.3, -0.25) is 9.88 Å². The predicted molar refractivity (Wildman–Crippen MR) is 119 cm³/mol. The van der Waals surface area contributed by atoms with Gasteiger partial charge in [-0.25, -0.2) is 0 Å². The lowest BCUT2D eigenvalue weighted by Gasteiger charge is -2.33. The molecule has 0 aliphatic carbocycles. The summed E-state index contributed by atoms with van der Waals surface area (Å²) in [5.41, 5.74) is 4.76. The van der Waals surface area contributed by atoms with Crippen molar-refractivity contribution in [2.24, 2.45) is 0 Å². The smallest absolute Gasteiger partial charge is 0.0746 e. The Balaban J connectivity index is 1.77. The summed E-state index contributed by atoms with van der Waals surface area (Å²) in [5.74, 6) is 0. The largest absolute Gasteiger partial charge is 0.396 e. The maximum Gasteiger partial charge on any atom is 0.0746 e. The molecule has 29 heavy (non-hydrogen) atoms. The Hall–Kier alpha value is -3.01. The molecule has 0 atom stereocenters. The average molecular weight is 383 g/mol. The molecule has 3 aromatic carbocycles. The summed E-state index contributed by atoms with van der Waals surface area (Å²) >= 11 is 0. The van der Waals surface area contributed by atoms with Gasteiger partial charge in [0, 0.05) is 31.3 Å². The molecule has 0 bridgehead atoms. The monoisotopic (exact) mass is 382 g/mol. The first-order chi connectivity index (χ1) is 14.4. The highest BCUT2D eigenvalue weighted by molar-refractivity contribution is 5.81. The highest BCUT2D eigenvalue weighted by Gasteiger charge is 2.23. The first-order valence-corrected chi connectivity index (χ1v) is 10.1. The maximum absolute atomic E-state index is 9.54. The Bertz CT molecular complexity index is 989. The molecule has 3 heteroatoms. The SMILES string of the molecule is OCCCN(Cc1cccc2cccnc12)C(c1ccccc1)c1ccccc1. The molecule has 0 fully saturated rings. The number of aliphatic hydroxyl groups excluding tert-OH is 1. The van der Waals surface area contributed by atoms with E-state index in [4.69, 9.17) is 0 Å². The lowest BCUT2D eigenvalue weighted by molar-refractivity contribution is 0.187. The van der Waals surface area contributed by atoms with Gasteiger partial charge in [-0.15, -0.1) is 0 Å². The van der Waals surface area contributed by atoms with Gasteiger partial charge >= 0.3 is 0 Å². The zero-order valence-electron chi connectivity index (χ0n) is 16.5. The molecule has 1 N–H and O–H groups in total. The number of nitrogens with zero attached hydrogens (tertiary/aromatic N) is 2. The lowest BCUT2D eigenvalue weighted by Crippen LogP contribution is -2.31. The number of pyridine rings is 1. The molecule has 0 saturated carbocycles.